The van der Waals surface area contributed by atoms with Gasteiger partial charge in [-0.3, -0.25) is 4.79 Å². The summed E-state index contributed by atoms with van der Waals surface area (Å²) >= 11 is 0. The molecule has 3 amide bonds. The third kappa shape index (κ3) is 5.16. The minimum absolute atomic E-state index is 0.0204. The molecule has 0 unspecified atom stereocenters. The lowest BCUT2D eigenvalue weighted by molar-refractivity contribution is 0.102. The molecule has 2 rings (SSSR count). The molecule has 9 heteroatoms. The van der Waals surface area contributed by atoms with Crippen LogP contribution >= 0.6 is 0 Å². The highest BCUT2D eigenvalue weighted by molar-refractivity contribution is 7.89. The molecule has 0 radical (unpaired) electrons. The maximum atomic E-state index is 12.3. The van der Waals surface area contributed by atoms with E-state index in [1.807, 2.05) is 0 Å². The first-order chi connectivity index (χ1) is 12.3. The molecule has 0 fully saturated rings. The SMILES string of the molecule is C=CCNS(=O)(=O)c1cccc(C(=O)Nc2ccc(NC(N)=O)cc2)c1. The molecule has 8 nitrogen and oxygen atoms in total. The van der Waals surface area contributed by atoms with Gasteiger partial charge in [0.15, 0.2) is 0 Å². The molecule has 0 atom stereocenters. The van der Waals surface area contributed by atoms with Gasteiger partial charge in [0.1, 0.15) is 0 Å². The van der Waals surface area contributed by atoms with Crippen molar-refractivity contribution in [2.24, 2.45) is 5.73 Å². The van der Waals surface area contributed by atoms with Gasteiger partial charge in [-0.05, 0) is 42.5 Å². The highest BCUT2D eigenvalue weighted by Gasteiger charge is 2.15. The van der Waals surface area contributed by atoms with Gasteiger partial charge in [-0.15, -0.1) is 6.58 Å². The van der Waals surface area contributed by atoms with Gasteiger partial charge in [0.25, 0.3) is 5.91 Å². The average molecular weight is 374 g/mol. The second-order valence-electron chi connectivity index (χ2n) is 5.19. The number of anilines is 2. The van der Waals surface area contributed by atoms with Gasteiger partial charge in [-0.1, -0.05) is 12.1 Å². The highest BCUT2D eigenvalue weighted by atomic mass is 32.2. The molecule has 26 heavy (non-hydrogen) atoms. The van der Waals surface area contributed by atoms with Crippen LogP contribution in [0.15, 0.2) is 66.1 Å². The lowest BCUT2D eigenvalue weighted by atomic mass is 10.2. The Morgan fingerprint density at radius 1 is 1.04 bits per heavy atom. The van der Waals surface area contributed by atoms with Crippen LogP contribution in [0.5, 0.6) is 0 Å². The summed E-state index contributed by atoms with van der Waals surface area (Å²) in [5, 5.41) is 5.05. The summed E-state index contributed by atoms with van der Waals surface area (Å²) in [5.41, 5.74) is 6.16. The Labute approximate surface area is 151 Å². The maximum absolute atomic E-state index is 12.3. The Morgan fingerprint density at radius 2 is 1.65 bits per heavy atom. The number of hydrogen-bond donors (Lipinski definition) is 4. The molecule has 0 heterocycles. The average Bonchev–Trinajstić information content (AvgIpc) is 2.61. The van der Waals surface area contributed by atoms with Crippen LogP contribution in [-0.2, 0) is 10.0 Å². The Balaban J connectivity index is 2.13. The zero-order chi connectivity index (χ0) is 19.2. The van der Waals surface area contributed by atoms with Crippen molar-refractivity contribution in [2.45, 2.75) is 4.90 Å². The molecule has 0 aromatic heterocycles. The Kier molecular flexibility index (Phi) is 6.10. The molecular weight excluding hydrogens is 356 g/mol. The molecule has 0 aliphatic rings. The summed E-state index contributed by atoms with van der Waals surface area (Å²) in [5.74, 6) is -0.471. The molecule has 136 valence electrons. The van der Waals surface area contributed by atoms with E-state index in [-0.39, 0.29) is 17.0 Å². The minimum atomic E-state index is -3.72. The van der Waals surface area contributed by atoms with Gasteiger partial charge in [0.05, 0.1) is 4.90 Å². The smallest absolute Gasteiger partial charge is 0.316 e. The van der Waals surface area contributed by atoms with E-state index < -0.39 is 22.0 Å². The number of carbonyl (C=O) groups excluding carboxylic acids is 2. The largest absolute Gasteiger partial charge is 0.351 e. The molecular formula is C17H18N4O4S. The lowest BCUT2D eigenvalue weighted by Crippen LogP contribution is -2.24. The molecule has 0 saturated heterocycles. The quantitative estimate of drug-likeness (QED) is 0.551. The topological polar surface area (TPSA) is 130 Å². The van der Waals surface area contributed by atoms with E-state index in [4.69, 9.17) is 5.73 Å². The molecule has 0 aliphatic carbocycles. The Bertz CT molecular complexity index is 924. The van der Waals surface area contributed by atoms with Crippen molar-refractivity contribution in [3.8, 4) is 0 Å². The number of rotatable bonds is 7. The van der Waals surface area contributed by atoms with Gasteiger partial charge in [0.2, 0.25) is 10.0 Å². The zero-order valence-electron chi connectivity index (χ0n) is 13.7. The third-order valence-corrected chi connectivity index (χ3v) is 4.66. The fourth-order valence-electron chi connectivity index (χ4n) is 2.04. The van der Waals surface area contributed by atoms with Crippen molar-refractivity contribution in [1.29, 1.82) is 0 Å². The van der Waals surface area contributed by atoms with Crippen molar-refractivity contribution in [3.63, 3.8) is 0 Å². The van der Waals surface area contributed by atoms with E-state index >= 15 is 0 Å². The maximum Gasteiger partial charge on any atom is 0.316 e. The van der Waals surface area contributed by atoms with Crippen LogP contribution in [0, 0.1) is 0 Å². The van der Waals surface area contributed by atoms with Crippen molar-refractivity contribution in [1.82, 2.24) is 4.72 Å². The van der Waals surface area contributed by atoms with E-state index in [1.54, 1.807) is 24.3 Å². The first-order valence-electron chi connectivity index (χ1n) is 7.50. The summed E-state index contributed by atoms with van der Waals surface area (Å²) in [6, 6.07) is 11.3. The molecule has 0 spiro atoms. The second kappa shape index (κ2) is 8.28. The van der Waals surface area contributed by atoms with Crippen LogP contribution in [0.3, 0.4) is 0 Å². The molecule has 2 aromatic carbocycles. The summed E-state index contributed by atoms with van der Waals surface area (Å²) in [6.07, 6.45) is 1.42. The van der Waals surface area contributed by atoms with Gasteiger partial charge in [-0.25, -0.2) is 17.9 Å². The zero-order valence-corrected chi connectivity index (χ0v) is 14.5. The van der Waals surface area contributed by atoms with E-state index in [2.05, 4.69) is 21.9 Å². The minimum Gasteiger partial charge on any atom is -0.351 e. The first kappa shape index (κ1) is 19.2. The Hall–Kier alpha value is -3.17. The van der Waals surface area contributed by atoms with Crippen molar-refractivity contribution in [2.75, 3.05) is 17.2 Å². The number of sulfonamides is 1. The van der Waals surface area contributed by atoms with E-state index in [9.17, 15) is 18.0 Å². The predicted molar refractivity (Wildman–Crippen MR) is 99.4 cm³/mol. The Morgan fingerprint density at radius 3 is 2.23 bits per heavy atom. The molecule has 0 bridgehead atoms. The molecule has 0 saturated carbocycles. The van der Waals surface area contributed by atoms with Crippen LogP contribution in [0.1, 0.15) is 10.4 Å². The number of primary amides is 1. The van der Waals surface area contributed by atoms with Gasteiger partial charge in [-0.2, -0.15) is 0 Å². The number of nitrogens with two attached hydrogens (primary N) is 1. The lowest BCUT2D eigenvalue weighted by Gasteiger charge is -2.09. The predicted octanol–water partition coefficient (Wildman–Crippen LogP) is 1.89. The number of benzene rings is 2. The molecule has 5 N–H and O–H groups in total. The van der Waals surface area contributed by atoms with Crippen LogP contribution in [0.4, 0.5) is 16.2 Å². The number of hydrogen-bond acceptors (Lipinski definition) is 4. The summed E-state index contributed by atoms with van der Waals surface area (Å²) in [4.78, 5) is 23.1. The monoisotopic (exact) mass is 374 g/mol. The van der Waals surface area contributed by atoms with E-state index in [0.29, 0.717) is 11.4 Å². The van der Waals surface area contributed by atoms with Gasteiger partial charge in [0, 0.05) is 23.5 Å². The van der Waals surface area contributed by atoms with E-state index in [0.717, 1.165) is 0 Å². The molecule has 2 aromatic rings. The third-order valence-electron chi connectivity index (χ3n) is 3.23. The van der Waals surface area contributed by atoms with Crippen LogP contribution < -0.4 is 21.1 Å². The molecule has 0 aliphatic heterocycles. The van der Waals surface area contributed by atoms with Crippen molar-refractivity contribution < 1.29 is 18.0 Å². The summed E-state index contributed by atoms with van der Waals surface area (Å²) in [7, 11) is -3.72. The number of urea groups is 1. The number of nitrogens with one attached hydrogen (secondary N) is 3. The standard InChI is InChI=1S/C17H18N4O4S/c1-2-10-19-26(24,25)15-5-3-4-12(11-15)16(22)20-13-6-8-14(9-7-13)21-17(18)23/h2-9,11,19H,1,10H2,(H,20,22)(H3,18,21,23). The normalized spacial score (nSPS) is 10.8. The van der Waals surface area contributed by atoms with Crippen LogP contribution in [0.2, 0.25) is 0 Å². The van der Waals surface area contributed by atoms with Gasteiger partial charge >= 0.3 is 6.03 Å². The van der Waals surface area contributed by atoms with Crippen LogP contribution in [-0.4, -0.2) is 26.9 Å². The fourth-order valence-corrected chi connectivity index (χ4v) is 3.08. The van der Waals surface area contributed by atoms with Crippen molar-refractivity contribution >= 4 is 33.3 Å². The van der Waals surface area contributed by atoms with Crippen LogP contribution in [0.25, 0.3) is 0 Å². The van der Waals surface area contributed by atoms with E-state index in [1.165, 1.54) is 30.3 Å². The summed E-state index contributed by atoms with van der Waals surface area (Å²) in [6.45, 7) is 3.54. The number of carbonyl (C=O) groups is 2. The fraction of sp³-hybridized carbons (Fsp3) is 0.0588. The second-order valence-corrected chi connectivity index (χ2v) is 6.96. The van der Waals surface area contributed by atoms with Crippen molar-refractivity contribution in [3.05, 3.63) is 66.7 Å². The summed E-state index contributed by atoms with van der Waals surface area (Å²) < 4.78 is 26.6. The number of amides is 3. The highest BCUT2D eigenvalue weighted by Crippen LogP contribution is 2.16. The first-order valence-corrected chi connectivity index (χ1v) is 8.98. The van der Waals surface area contributed by atoms with Gasteiger partial charge < -0.3 is 16.4 Å².